The molecule has 2 N–H and O–H groups in total. The van der Waals surface area contributed by atoms with E-state index in [-0.39, 0.29) is 5.97 Å². The first-order valence-electron chi connectivity index (χ1n) is 7.31. The van der Waals surface area contributed by atoms with Crippen molar-refractivity contribution in [3.05, 3.63) is 58.6 Å². The van der Waals surface area contributed by atoms with Crippen molar-refractivity contribution in [2.45, 2.75) is 13.5 Å². The average Bonchev–Trinajstić information content (AvgIpc) is 2.95. The summed E-state index contributed by atoms with van der Waals surface area (Å²) < 4.78 is 4.96. The molecule has 3 rings (SSSR count). The average molecular weight is 330 g/mol. The Morgan fingerprint density at radius 3 is 2.78 bits per heavy atom. The monoisotopic (exact) mass is 329 g/mol. The fourth-order valence-corrected chi connectivity index (χ4v) is 2.40. The van der Waals surface area contributed by atoms with Gasteiger partial charge in [0.15, 0.2) is 0 Å². The number of esters is 1. The summed E-state index contributed by atoms with van der Waals surface area (Å²) in [5.74, 6) is 0.373. The molecule has 0 aliphatic heterocycles. The molecule has 6 heteroatoms. The summed E-state index contributed by atoms with van der Waals surface area (Å²) >= 11 is 5.96. The molecular formula is C17H16ClN3O2. The number of aromatic amines is 1. The van der Waals surface area contributed by atoms with Crippen molar-refractivity contribution in [1.29, 1.82) is 0 Å². The SMILES string of the molecule is CCOC(=O)c1ccc(CNc2nc3ccc(Cl)cc3[nH]2)cc1. The van der Waals surface area contributed by atoms with E-state index >= 15 is 0 Å². The Hall–Kier alpha value is -2.53. The van der Waals surface area contributed by atoms with E-state index in [1.807, 2.05) is 30.3 Å². The van der Waals surface area contributed by atoms with Crippen LogP contribution >= 0.6 is 11.6 Å². The smallest absolute Gasteiger partial charge is 0.338 e. The van der Waals surface area contributed by atoms with E-state index in [2.05, 4.69) is 15.3 Å². The first kappa shape index (κ1) is 15.4. The van der Waals surface area contributed by atoms with Crippen LogP contribution in [0.2, 0.25) is 5.02 Å². The first-order valence-corrected chi connectivity index (χ1v) is 7.68. The van der Waals surface area contributed by atoms with Crippen LogP contribution in [0.4, 0.5) is 5.95 Å². The van der Waals surface area contributed by atoms with Gasteiger partial charge in [0, 0.05) is 11.6 Å². The lowest BCUT2D eigenvalue weighted by atomic mass is 10.1. The van der Waals surface area contributed by atoms with Crippen LogP contribution in [0.5, 0.6) is 0 Å². The second-order valence-electron chi connectivity index (χ2n) is 5.02. The highest BCUT2D eigenvalue weighted by molar-refractivity contribution is 6.31. The van der Waals surface area contributed by atoms with Crippen molar-refractivity contribution in [3.63, 3.8) is 0 Å². The number of benzene rings is 2. The summed E-state index contributed by atoms with van der Waals surface area (Å²) in [6.07, 6.45) is 0. The molecule has 0 unspecified atom stereocenters. The predicted molar refractivity (Wildman–Crippen MR) is 90.8 cm³/mol. The van der Waals surface area contributed by atoms with Crippen LogP contribution in [-0.4, -0.2) is 22.5 Å². The molecule has 0 fully saturated rings. The van der Waals surface area contributed by atoms with Gasteiger partial charge in [0.1, 0.15) is 0 Å². The van der Waals surface area contributed by atoms with Crippen molar-refractivity contribution in [2.75, 3.05) is 11.9 Å². The fourth-order valence-electron chi connectivity index (χ4n) is 2.22. The molecule has 0 aliphatic rings. The maximum Gasteiger partial charge on any atom is 0.338 e. The predicted octanol–water partition coefficient (Wildman–Crippen LogP) is 4.01. The molecule has 0 atom stereocenters. The van der Waals surface area contributed by atoms with Gasteiger partial charge in [-0.05, 0) is 42.8 Å². The molecule has 0 aliphatic carbocycles. The quantitative estimate of drug-likeness (QED) is 0.694. The Bertz CT molecular complexity index is 827. The highest BCUT2D eigenvalue weighted by atomic mass is 35.5. The minimum absolute atomic E-state index is 0.304. The molecule has 5 nitrogen and oxygen atoms in total. The molecule has 23 heavy (non-hydrogen) atoms. The Balaban J connectivity index is 1.66. The van der Waals surface area contributed by atoms with E-state index < -0.39 is 0 Å². The zero-order valence-corrected chi connectivity index (χ0v) is 13.4. The second-order valence-corrected chi connectivity index (χ2v) is 5.45. The number of halogens is 1. The highest BCUT2D eigenvalue weighted by Crippen LogP contribution is 2.19. The number of hydrogen-bond donors (Lipinski definition) is 2. The van der Waals surface area contributed by atoms with Crippen LogP contribution in [0.3, 0.4) is 0 Å². The van der Waals surface area contributed by atoms with E-state index in [1.54, 1.807) is 19.1 Å². The van der Waals surface area contributed by atoms with Crippen LogP contribution < -0.4 is 5.32 Å². The lowest BCUT2D eigenvalue weighted by Gasteiger charge is -2.05. The maximum absolute atomic E-state index is 11.6. The molecule has 3 aromatic rings. The molecule has 0 saturated carbocycles. The number of imidazole rings is 1. The van der Waals surface area contributed by atoms with Gasteiger partial charge < -0.3 is 15.0 Å². The second kappa shape index (κ2) is 6.71. The number of carbonyl (C=O) groups is 1. The van der Waals surface area contributed by atoms with E-state index in [1.165, 1.54) is 0 Å². The topological polar surface area (TPSA) is 67.0 Å². The van der Waals surface area contributed by atoms with E-state index in [0.717, 1.165) is 16.6 Å². The molecule has 0 bridgehead atoms. The number of aromatic nitrogens is 2. The number of rotatable bonds is 5. The van der Waals surface area contributed by atoms with Gasteiger partial charge >= 0.3 is 5.97 Å². The third-order valence-corrected chi connectivity index (χ3v) is 3.60. The number of carbonyl (C=O) groups excluding carboxylic acids is 1. The normalized spacial score (nSPS) is 10.7. The van der Waals surface area contributed by atoms with Gasteiger partial charge in [0.05, 0.1) is 23.2 Å². The fraction of sp³-hybridized carbons (Fsp3) is 0.176. The van der Waals surface area contributed by atoms with Gasteiger partial charge in [-0.15, -0.1) is 0 Å². The number of fused-ring (bicyclic) bond motifs is 1. The molecule has 0 radical (unpaired) electrons. The largest absolute Gasteiger partial charge is 0.462 e. The number of hydrogen-bond acceptors (Lipinski definition) is 4. The number of ether oxygens (including phenoxy) is 1. The van der Waals surface area contributed by atoms with Gasteiger partial charge in [-0.1, -0.05) is 23.7 Å². The maximum atomic E-state index is 11.6. The Labute approximate surface area is 138 Å². The Kier molecular flexibility index (Phi) is 4.48. The van der Waals surface area contributed by atoms with Crippen molar-refractivity contribution >= 4 is 34.6 Å². The van der Waals surface area contributed by atoms with Crippen LogP contribution in [-0.2, 0) is 11.3 Å². The minimum Gasteiger partial charge on any atom is -0.462 e. The van der Waals surface area contributed by atoms with Crippen molar-refractivity contribution in [1.82, 2.24) is 9.97 Å². The molecule has 1 aromatic heterocycles. The van der Waals surface area contributed by atoms with E-state index in [9.17, 15) is 4.79 Å². The Morgan fingerprint density at radius 1 is 1.26 bits per heavy atom. The van der Waals surface area contributed by atoms with Crippen LogP contribution in [0.1, 0.15) is 22.8 Å². The molecule has 2 aromatic carbocycles. The van der Waals surface area contributed by atoms with Gasteiger partial charge in [0.25, 0.3) is 0 Å². The van der Waals surface area contributed by atoms with Crippen molar-refractivity contribution in [2.24, 2.45) is 0 Å². The number of nitrogens with one attached hydrogen (secondary N) is 2. The lowest BCUT2D eigenvalue weighted by molar-refractivity contribution is 0.0526. The lowest BCUT2D eigenvalue weighted by Crippen LogP contribution is -2.05. The van der Waals surface area contributed by atoms with Crippen LogP contribution in [0, 0.1) is 0 Å². The summed E-state index contributed by atoms with van der Waals surface area (Å²) in [7, 11) is 0. The van der Waals surface area contributed by atoms with Gasteiger partial charge in [0.2, 0.25) is 5.95 Å². The third-order valence-electron chi connectivity index (χ3n) is 3.37. The van der Waals surface area contributed by atoms with Crippen molar-refractivity contribution in [3.8, 4) is 0 Å². The molecule has 0 saturated heterocycles. The van der Waals surface area contributed by atoms with Crippen LogP contribution in [0.15, 0.2) is 42.5 Å². The van der Waals surface area contributed by atoms with Crippen molar-refractivity contribution < 1.29 is 9.53 Å². The summed E-state index contributed by atoms with van der Waals surface area (Å²) in [4.78, 5) is 19.2. The third kappa shape index (κ3) is 3.63. The summed E-state index contributed by atoms with van der Waals surface area (Å²) in [5, 5.41) is 3.89. The number of nitrogens with zero attached hydrogens (tertiary/aromatic N) is 1. The number of anilines is 1. The summed E-state index contributed by atoms with van der Waals surface area (Å²) in [5.41, 5.74) is 3.33. The summed E-state index contributed by atoms with van der Waals surface area (Å²) in [6, 6.07) is 12.8. The number of H-pyrrole nitrogens is 1. The molecular weight excluding hydrogens is 314 g/mol. The van der Waals surface area contributed by atoms with Gasteiger partial charge in [-0.25, -0.2) is 9.78 Å². The zero-order chi connectivity index (χ0) is 16.2. The minimum atomic E-state index is -0.304. The van der Waals surface area contributed by atoms with Gasteiger partial charge in [-0.3, -0.25) is 0 Å². The first-order chi connectivity index (χ1) is 11.2. The Morgan fingerprint density at radius 2 is 2.04 bits per heavy atom. The van der Waals surface area contributed by atoms with E-state index in [0.29, 0.717) is 29.7 Å². The standard InChI is InChI=1S/C17H16ClN3O2/c1-2-23-16(22)12-5-3-11(4-6-12)10-19-17-20-14-8-7-13(18)9-15(14)21-17/h3-9H,2,10H2,1H3,(H2,19,20,21). The van der Waals surface area contributed by atoms with E-state index in [4.69, 9.17) is 16.3 Å². The molecule has 1 heterocycles. The molecule has 0 amide bonds. The van der Waals surface area contributed by atoms with Gasteiger partial charge in [-0.2, -0.15) is 0 Å². The highest BCUT2D eigenvalue weighted by Gasteiger charge is 2.06. The summed E-state index contributed by atoms with van der Waals surface area (Å²) in [6.45, 7) is 2.76. The molecule has 0 spiro atoms. The molecule has 118 valence electrons. The van der Waals surface area contributed by atoms with Crippen LogP contribution in [0.25, 0.3) is 11.0 Å². The zero-order valence-electron chi connectivity index (χ0n) is 12.6.